The fourth-order valence-electron chi connectivity index (χ4n) is 2.07. The van der Waals surface area contributed by atoms with E-state index in [9.17, 15) is 4.79 Å². The molecule has 0 aromatic heterocycles. The van der Waals surface area contributed by atoms with Crippen LogP contribution in [-0.4, -0.2) is 35.1 Å². The summed E-state index contributed by atoms with van der Waals surface area (Å²) in [6.45, 7) is 8.07. The lowest BCUT2D eigenvalue weighted by atomic mass is 9.96. The lowest BCUT2D eigenvalue weighted by Crippen LogP contribution is -2.42. The summed E-state index contributed by atoms with van der Waals surface area (Å²) in [5.74, 6) is -0.619. The number of rotatable bonds is 5. The summed E-state index contributed by atoms with van der Waals surface area (Å²) in [7, 11) is 0. The highest BCUT2D eigenvalue weighted by molar-refractivity contribution is 5.78. The van der Waals surface area contributed by atoms with Gasteiger partial charge in [0.25, 0.3) is 0 Å². The van der Waals surface area contributed by atoms with Gasteiger partial charge in [0.15, 0.2) is 0 Å². The van der Waals surface area contributed by atoms with Crippen molar-refractivity contribution in [3.05, 3.63) is 0 Å². The Labute approximate surface area is 79.7 Å². The zero-order chi connectivity index (χ0) is 10.1. The highest BCUT2D eigenvalue weighted by Crippen LogP contribution is 2.50. The number of aliphatic carboxylic acids is 1. The Morgan fingerprint density at radius 1 is 1.46 bits per heavy atom. The van der Waals surface area contributed by atoms with Crippen LogP contribution in [0.5, 0.6) is 0 Å². The second-order valence-corrected chi connectivity index (χ2v) is 3.86. The van der Waals surface area contributed by atoms with E-state index in [1.165, 1.54) is 0 Å². The van der Waals surface area contributed by atoms with Gasteiger partial charge in [0.2, 0.25) is 0 Å². The van der Waals surface area contributed by atoms with E-state index in [1.54, 1.807) is 0 Å². The smallest absolute Gasteiger partial charge is 0.311 e. The number of hydrogen-bond donors (Lipinski definition) is 1. The Balaban J connectivity index is 2.65. The van der Waals surface area contributed by atoms with E-state index in [-0.39, 0.29) is 6.04 Å². The molecule has 0 heterocycles. The van der Waals surface area contributed by atoms with Crippen molar-refractivity contribution in [2.45, 2.75) is 39.7 Å². The zero-order valence-electron chi connectivity index (χ0n) is 8.71. The largest absolute Gasteiger partial charge is 0.481 e. The van der Waals surface area contributed by atoms with Gasteiger partial charge in [0.1, 0.15) is 0 Å². The number of nitrogens with zero attached hydrogens (tertiary/aromatic N) is 1. The maximum absolute atomic E-state index is 11.0. The van der Waals surface area contributed by atoms with Gasteiger partial charge < -0.3 is 10.0 Å². The van der Waals surface area contributed by atoms with Crippen molar-refractivity contribution in [2.75, 3.05) is 13.1 Å². The van der Waals surface area contributed by atoms with E-state index in [1.807, 2.05) is 6.92 Å². The van der Waals surface area contributed by atoms with Crippen LogP contribution in [0.3, 0.4) is 0 Å². The van der Waals surface area contributed by atoms with E-state index in [4.69, 9.17) is 5.11 Å². The van der Waals surface area contributed by atoms with Crippen LogP contribution in [0.2, 0.25) is 0 Å². The van der Waals surface area contributed by atoms with Crippen molar-refractivity contribution < 1.29 is 9.90 Å². The molecule has 0 radical (unpaired) electrons. The molecular weight excluding hydrogens is 166 g/mol. The second-order valence-electron chi connectivity index (χ2n) is 3.86. The molecule has 1 N–H and O–H groups in total. The highest BCUT2D eigenvalue weighted by Gasteiger charge is 2.55. The molecule has 0 saturated heterocycles. The maximum Gasteiger partial charge on any atom is 0.311 e. The van der Waals surface area contributed by atoms with Gasteiger partial charge in [-0.05, 0) is 32.9 Å². The lowest BCUT2D eigenvalue weighted by molar-refractivity contribution is -0.146. The number of hydrogen-bond acceptors (Lipinski definition) is 2. The van der Waals surface area contributed by atoms with E-state index in [0.29, 0.717) is 0 Å². The number of carbonyl (C=O) groups is 1. The van der Waals surface area contributed by atoms with Crippen molar-refractivity contribution in [3.8, 4) is 0 Å². The van der Waals surface area contributed by atoms with Crippen LogP contribution < -0.4 is 0 Å². The normalized spacial score (nSPS) is 21.5. The van der Waals surface area contributed by atoms with Crippen LogP contribution in [0.15, 0.2) is 0 Å². The van der Waals surface area contributed by atoms with Crippen LogP contribution in [0.1, 0.15) is 33.6 Å². The van der Waals surface area contributed by atoms with Gasteiger partial charge >= 0.3 is 5.97 Å². The Morgan fingerprint density at radius 2 is 1.92 bits per heavy atom. The van der Waals surface area contributed by atoms with Gasteiger partial charge in [-0.1, -0.05) is 13.8 Å². The Morgan fingerprint density at radius 3 is 2.15 bits per heavy atom. The minimum Gasteiger partial charge on any atom is -0.481 e. The Kier molecular flexibility index (Phi) is 2.96. The predicted octanol–water partition coefficient (Wildman–Crippen LogP) is 1.58. The van der Waals surface area contributed by atoms with Crippen molar-refractivity contribution in [1.29, 1.82) is 0 Å². The molecule has 0 amide bonds. The summed E-state index contributed by atoms with van der Waals surface area (Å²) in [6, 6.07) is 0.181. The molecule has 0 aromatic rings. The fourth-order valence-corrected chi connectivity index (χ4v) is 2.07. The molecule has 13 heavy (non-hydrogen) atoms. The van der Waals surface area contributed by atoms with E-state index < -0.39 is 11.4 Å². The third-order valence-electron chi connectivity index (χ3n) is 3.37. The average molecular weight is 185 g/mol. The first-order valence-electron chi connectivity index (χ1n) is 5.06. The molecule has 1 saturated carbocycles. The fraction of sp³-hybridized carbons (Fsp3) is 0.900. The predicted molar refractivity (Wildman–Crippen MR) is 51.7 cm³/mol. The third-order valence-corrected chi connectivity index (χ3v) is 3.37. The van der Waals surface area contributed by atoms with Crippen molar-refractivity contribution in [1.82, 2.24) is 4.90 Å². The van der Waals surface area contributed by atoms with E-state index in [2.05, 4.69) is 18.7 Å². The Hall–Kier alpha value is -0.570. The molecule has 1 aliphatic carbocycles. The summed E-state index contributed by atoms with van der Waals surface area (Å²) in [6.07, 6.45) is 1.69. The molecule has 1 atom stereocenters. The molecule has 1 fully saturated rings. The van der Waals surface area contributed by atoms with Crippen molar-refractivity contribution >= 4 is 5.97 Å². The quantitative estimate of drug-likeness (QED) is 0.707. The summed E-state index contributed by atoms with van der Waals surface area (Å²) >= 11 is 0. The van der Waals surface area contributed by atoms with Crippen molar-refractivity contribution in [3.63, 3.8) is 0 Å². The van der Waals surface area contributed by atoms with Gasteiger partial charge in [-0.2, -0.15) is 0 Å². The standard InChI is InChI=1S/C10H19NO2/c1-4-11(5-2)8(3)10(6-7-10)9(12)13/h8H,4-7H2,1-3H3,(H,12,13). The molecule has 1 unspecified atom stereocenters. The summed E-state index contributed by atoms with van der Waals surface area (Å²) < 4.78 is 0. The first-order chi connectivity index (χ1) is 6.08. The first kappa shape index (κ1) is 10.5. The van der Waals surface area contributed by atoms with Crippen LogP contribution in [0.25, 0.3) is 0 Å². The molecule has 1 rings (SSSR count). The molecule has 3 nitrogen and oxygen atoms in total. The molecule has 0 aliphatic heterocycles. The minimum absolute atomic E-state index is 0.181. The van der Waals surface area contributed by atoms with Gasteiger partial charge in [0.05, 0.1) is 5.41 Å². The van der Waals surface area contributed by atoms with Crippen LogP contribution in [0, 0.1) is 5.41 Å². The summed E-state index contributed by atoms with van der Waals surface area (Å²) in [5.41, 5.74) is -0.425. The topological polar surface area (TPSA) is 40.5 Å². The van der Waals surface area contributed by atoms with Gasteiger partial charge in [-0.15, -0.1) is 0 Å². The number of carboxylic acid groups (broad SMARTS) is 1. The molecule has 1 aliphatic rings. The SMILES string of the molecule is CCN(CC)C(C)C1(C(=O)O)CC1. The molecule has 0 bridgehead atoms. The summed E-state index contributed by atoms with van der Waals surface area (Å²) in [5, 5.41) is 9.09. The average Bonchev–Trinajstić information content (AvgIpc) is 2.86. The second kappa shape index (κ2) is 3.66. The van der Waals surface area contributed by atoms with Crippen LogP contribution >= 0.6 is 0 Å². The highest BCUT2D eigenvalue weighted by atomic mass is 16.4. The lowest BCUT2D eigenvalue weighted by Gasteiger charge is -2.31. The zero-order valence-corrected chi connectivity index (χ0v) is 8.71. The van der Waals surface area contributed by atoms with E-state index in [0.717, 1.165) is 25.9 Å². The third kappa shape index (κ3) is 1.70. The minimum atomic E-state index is -0.619. The molecular formula is C10H19NO2. The summed E-state index contributed by atoms with van der Waals surface area (Å²) in [4.78, 5) is 13.3. The van der Waals surface area contributed by atoms with Gasteiger partial charge in [-0.3, -0.25) is 4.79 Å². The van der Waals surface area contributed by atoms with Crippen LogP contribution in [0.4, 0.5) is 0 Å². The van der Waals surface area contributed by atoms with Crippen LogP contribution in [-0.2, 0) is 4.79 Å². The molecule has 76 valence electrons. The number of carboxylic acids is 1. The molecule has 3 heteroatoms. The van der Waals surface area contributed by atoms with Crippen molar-refractivity contribution in [2.24, 2.45) is 5.41 Å². The Bertz CT molecular complexity index is 195. The van der Waals surface area contributed by atoms with Gasteiger partial charge in [0, 0.05) is 6.04 Å². The van der Waals surface area contributed by atoms with Gasteiger partial charge in [-0.25, -0.2) is 0 Å². The first-order valence-corrected chi connectivity index (χ1v) is 5.06. The van der Waals surface area contributed by atoms with E-state index >= 15 is 0 Å². The maximum atomic E-state index is 11.0. The molecule has 0 aromatic carbocycles. The monoisotopic (exact) mass is 185 g/mol. The molecule has 0 spiro atoms.